The predicted octanol–water partition coefficient (Wildman–Crippen LogP) is 5.48. The van der Waals surface area contributed by atoms with Crippen molar-refractivity contribution in [2.45, 2.75) is 45.1 Å². The van der Waals surface area contributed by atoms with E-state index in [1.54, 1.807) is 16.6 Å². The van der Waals surface area contributed by atoms with Crippen LogP contribution in [0.3, 0.4) is 0 Å². The zero-order valence-corrected chi connectivity index (χ0v) is 18.8. The van der Waals surface area contributed by atoms with Crippen LogP contribution in [0.2, 0.25) is 0 Å². The normalized spacial score (nSPS) is 17.9. The summed E-state index contributed by atoms with van der Waals surface area (Å²) < 4.78 is 16.4. The van der Waals surface area contributed by atoms with Crippen LogP contribution in [0.15, 0.2) is 54.6 Å². The van der Waals surface area contributed by atoms with E-state index in [1.807, 2.05) is 30.0 Å². The van der Waals surface area contributed by atoms with Crippen molar-refractivity contribution in [3.63, 3.8) is 0 Å². The summed E-state index contributed by atoms with van der Waals surface area (Å²) in [5.74, 6) is -0.00803. The Morgan fingerprint density at radius 1 is 1.09 bits per heavy atom. The van der Waals surface area contributed by atoms with Crippen molar-refractivity contribution in [3.05, 3.63) is 88.5 Å². The largest absolute Gasteiger partial charge is 0.330 e. The van der Waals surface area contributed by atoms with Gasteiger partial charge in [-0.05, 0) is 68.0 Å². The summed E-state index contributed by atoms with van der Waals surface area (Å²) in [6.07, 6.45) is 2.97. The monoisotopic (exact) mass is 440 g/mol. The standard InChI is InChI=1S/C27H25FN4O/c1-16-7-10-21(22(28)13-16)23-15-26-29-24(14-25(19-8-9-19)32(26)30-23)27(33)31-12-11-18-5-3-4-6-20(18)17(31)2/h3-7,10,13-15,17,19H,8-9,11-12H2,1-2H3. The van der Waals surface area contributed by atoms with Gasteiger partial charge in [0.25, 0.3) is 5.91 Å². The Hall–Kier alpha value is -3.54. The fourth-order valence-electron chi connectivity index (χ4n) is 4.93. The summed E-state index contributed by atoms with van der Waals surface area (Å²) >= 11 is 0. The molecule has 6 rings (SSSR count). The molecule has 3 heterocycles. The first-order valence-electron chi connectivity index (χ1n) is 11.6. The third-order valence-corrected chi connectivity index (χ3v) is 6.93. The number of carbonyl (C=O) groups excluding carboxylic acids is 1. The van der Waals surface area contributed by atoms with Gasteiger partial charge < -0.3 is 4.90 Å². The zero-order chi connectivity index (χ0) is 22.7. The van der Waals surface area contributed by atoms with E-state index in [-0.39, 0.29) is 17.8 Å². The van der Waals surface area contributed by atoms with E-state index in [4.69, 9.17) is 4.98 Å². The van der Waals surface area contributed by atoms with E-state index in [0.717, 1.165) is 30.5 Å². The number of hydrogen-bond acceptors (Lipinski definition) is 3. The molecule has 0 radical (unpaired) electrons. The Balaban J connectivity index is 1.41. The van der Waals surface area contributed by atoms with Gasteiger partial charge in [-0.15, -0.1) is 0 Å². The number of carbonyl (C=O) groups is 1. The van der Waals surface area contributed by atoms with Gasteiger partial charge in [0, 0.05) is 29.8 Å². The lowest BCUT2D eigenvalue weighted by Gasteiger charge is -2.35. The van der Waals surface area contributed by atoms with Crippen LogP contribution in [-0.2, 0) is 6.42 Å². The molecule has 2 aliphatic rings. The lowest BCUT2D eigenvalue weighted by Crippen LogP contribution is -2.39. The highest BCUT2D eigenvalue weighted by atomic mass is 19.1. The van der Waals surface area contributed by atoms with Crippen LogP contribution in [0, 0.1) is 12.7 Å². The molecule has 1 unspecified atom stereocenters. The summed E-state index contributed by atoms with van der Waals surface area (Å²) in [5.41, 5.74) is 6.34. The van der Waals surface area contributed by atoms with Crippen molar-refractivity contribution < 1.29 is 9.18 Å². The van der Waals surface area contributed by atoms with Gasteiger partial charge in [-0.3, -0.25) is 4.79 Å². The molecule has 1 aliphatic heterocycles. The second-order valence-electron chi connectivity index (χ2n) is 9.25. The van der Waals surface area contributed by atoms with Gasteiger partial charge >= 0.3 is 0 Å². The second kappa shape index (κ2) is 7.51. The van der Waals surface area contributed by atoms with Crippen molar-refractivity contribution in [2.75, 3.05) is 6.54 Å². The molecule has 1 amide bonds. The summed E-state index contributed by atoms with van der Waals surface area (Å²) in [5, 5.41) is 4.68. The Kier molecular flexibility index (Phi) is 4.57. The minimum Gasteiger partial charge on any atom is -0.330 e. The fourth-order valence-corrected chi connectivity index (χ4v) is 4.93. The fraction of sp³-hybridized carbons (Fsp3) is 0.296. The van der Waals surface area contributed by atoms with Crippen LogP contribution in [0.4, 0.5) is 4.39 Å². The maximum atomic E-state index is 14.6. The number of rotatable bonds is 3. The van der Waals surface area contributed by atoms with Crippen LogP contribution >= 0.6 is 0 Å². The molecule has 1 atom stereocenters. The maximum Gasteiger partial charge on any atom is 0.273 e. The topological polar surface area (TPSA) is 50.5 Å². The first-order valence-corrected chi connectivity index (χ1v) is 11.6. The van der Waals surface area contributed by atoms with E-state index in [1.165, 1.54) is 17.2 Å². The van der Waals surface area contributed by atoms with E-state index in [2.05, 4.69) is 30.2 Å². The number of benzene rings is 2. The van der Waals surface area contributed by atoms with Gasteiger partial charge in [-0.2, -0.15) is 5.10 Å². The van der Waals surface area contributed by atoms with Crippen LogP contribution in [0.25, 0.3) is 16.9 Å². The summed E-state index contributed by atoms with van der Waals surface area (Å²) in [6.45, 7) is 4.61. The number of amides is 1. The van der Waals surface area contributed by atoms with Crippen molar-refractivity contribution in [1.29, 1.82) is 0 Å². The molecule has 33 heavy (non-hydrogen) atoms. The minimum atomic E-state index is -0.302. The molecule has 5 nitrogen and oxygen atoms in total. The smallest absolute Gasteiger partial charge is 0.273 e. The average Bonchev–Trinajstić information content (AvgIpc) is 3.57. The van der Waals surface area contributed by atoms with E-state index < -0.39 is 0 Å². The third-order valence-electron chi connectivity index (χ3n) is 6.93. The predicted molar refractivity (Wildman–Crippen MR) is 125 cm³/mol. The highest BCUT2D eigenvalue weighted by molar-refractivity contribution is 5.93. The highest BCUT2D eigenvalue weighted by Crippen LogP contribution is 2.41. The van der Waals surface area contributed by atoms with Crippen LogP contribution in [0.1, 0.15) is 64.6 Å². The minimum absolute atomic E-state index is 0.00743. The summed E-state index contributed by atoms with van der Waals surface area (Å²) in [7, 11) is 0. The molecule has 2 aromatic carbocycles. The second-order valence-corrected chi connectivity index (χ2v) is 9.25. The van der Waals surface area contributed by atoms with Gasteiger partial charge in [0.15, 0.2) is 5.65 Å². The first kappa shape index (κ1) is 20.1. The number of fused-ring (bicyclic) bond motifs is 2. The Morgan fingerprint density at radius 2 is 1.91 bits per heavy atom. The van der Waals surface area contributed by atoms with Crippen LogP contribution in [0.5, 0.6) is 0 Å². The van der Waals surface area contributed by atoms with Gasteiger partial charge in [-0.25, -0.2) is 13.9 Å². The Labute approximate surface area is 191 Å². The molecule has 4 aromatic rings. The van der Waals surface area contributed by atoms with E-state index in [0.29, 0.717) is 35.1 Å². The van der Waals surface area contributed by atoms with Gasteiger partial charge in [0.2, 0.25) is 0 Å². The lowest BCUT2D eigenvalue weighted by molar-refractivity contribution is 0.0671. The van der Waals surface area contributed by atoms with Crippen molar-refractivity contribution in [2.24, 2.45) is 0 Å². The molecule has 1 saturated carbocycles. The average molecular weight is 441 g/mol. The molecule has 0 N–H and O–H groups in total. The molecule has 1 fully saturated rings. The zero-order valence-electron chi connectivity index (χ0n) is 18.8. The molecule has 0 bridgehead atoms. The summed E-state index contributed by atoms with van der Waals surface area (Å²) in [4.78, 5) is 20.2. The number of aromatic nitrogens is 3. The Bertz CT molecular complexity index is 1400. The maximum absolute atomic E-state index is 14.6. The third kappa shape index (κ3) is 3.41. The van der Waals surface area contributed by atoms with Crippen LogP contribution in [-0.4, -0.2) is 31.9 Å². The number of halogens is 1. The van der Waals surface area contributed by atoms with E-state index in [9.17, 15) is 9.18 Å². The SMILES string of the molecule is Cc1ccc(-c2cc3nc(C(=O)N4CCc5ccccc5C4C)cc(C4CC4)n3n2)c(F)c1. The lowest BCUT2D eigenvalue weighted by atomic mass is 9.93. The molecule has 0 saturated heterocycles. The molecule has 1 aliphatic carbocycles. The number of hydrogen-bond donors (Lipinski definition) is 0. The molecule has 6 heteroatoms. The van der Waals surface area contributed by atoms with E-state index >= 15 is 0 Å². The molecule has 2 aromatic heterocycles. The summed E-state index contributed by atoms with van der Waals surface area (Å²) in [6, 6.07) is 17.1. The Morgan fingerprint density at radius 3 is 2.70 bits per heavy atom. The van der Waals surface area contributed by atoms with Crippen molar-refractivity contribution in [3.8, 4) is 11.3 Å². The van der Waals surface area contributed by atoms with Gasteiger partial charge in [0.1, 0.15) is 11.5 Å². The highest BCUT2D eigenvalue weighted by Gasteiger charge is 2.32. The quantitative estimate of drug-likeness (QED) is 0.424. The van der Waals surface area contributed by atoms with Gasteiger partial charge in [0.05, 0.1) is 11.7 Å². The first-order chi connectivity index (χ1) is 16.0. The molecule has 166 valence electrons. The molecular weight excluding hydrogens is 415 g/mol. The molecular formula is C27H25FN4O. The van der Waals surface area contributed by atoms with Gasteiger partial charge in [-0.1, -0.05) is 30.3 Å². The number of nitrogens with zero attached hydrogens (tertiary/aromatic N) is 4. The molecule has 0 spiro atoms. The number of aryl methyl sites for hydroxylation is 1. The van der Waals surface area contributed by atoms with Crippen LogP contribution < -0.4 is 0 Å². The van der Waals surface area contributed by atoms with Crippen molar-refractivity contribution >= 4 is 11.6 Å². The van der Waals surface area contributed by atoms with Crippen molar-refractivity contribution in [1.82, 2.24) is 19.5 Å².